The van der Waals surface area contributed by atoms with Gasteiger partial charge in [0.05, 0.1) is 6.10 Å². The monoisotopic (exact) mass is 211 g/mol. The fourth-order valence-corrected chi connectivity index (χ4v) is 2.97. The van der Waals surface area contributed by atoms with Crippen molar-refractivity contribution in [1.82, 2.24) is 5.32 Å². The van der Waals surface area contributed by atoms with Crippen LogP contribution in [-0.4, -0.2) is 25.3 Å². The Morgan fingerprint density at radius 3 is 2.73 bits per heavy atom. The number of ether oxygens (including phenoxy) is 1. The highest BCUT2D eigenvalue weighted by molar-refractivity contribution is 4.75. The van der Waals surface area contributed by atoms with Gasteiger partial charge in [-0.05, 0) is 38.6 Å². The largest absolute Gasteiger partial charge is 0.378 e. The lowest BCUT2D eigenvalue weighted by atomic mass is 10.0. The van der Waals surface area contributed by atoms with Gasteiger partial charge in [0.15, 0.2) is 0 Å². The smallest absolute Gasteiger partial charge is 0.0561 e. The van der Waals surface area contributed by atoms with Crippen molar-refractivity contribution in [2.75, 3.05) is 13.2 Å². The van der Waals surface area contributed by atoms with E-state index in [1.807, 2.05) is 0 Å². The van der Waals surface area contributed by atoms with Gasteiger partial charge >= 0.3 is 0 Å². The van der Waals surface area contributed by atoms with E-state index < -0.39 is 0 Å². The summed E-state index contributed by atoms with van der Waals surface area (Å²) in [6, 6.07) is 0.718. The van der Waals surface area contributed by atoms with E-state index in [2.05, 4.69) is 12.2 Å². The highest BCUT2D eigenvalue weighted by Gasteiger charge is 2.19. The van der Waals surface area contributed by atoms with Gasteiger partial charge in [-0.3, -0.25) is 0 Å². The van der Waals surface area contributed by atoms with Gasteiger partial charge in [0, 0.05) is 12.6 Å². The Bertz CT molecular complexity index is 177. The lowest BCUT2D eigenvalue weighted by molar-refractivity contribution is 0.0132. The second-order valence-corrected chi connectivity index (χ2v) is 5.30. The van der Waals surface area contributed by atoms with Crippen molar-refractivity contribution in [2.45, 2.75) is 64.0 Å². The van der Waals surface area contributed by atoms with Gasteiger partial charge in [0.1, 0.15) is 0 Å². The highest BCUT2D eigenvalue weighted by atomic mass is 16.5. The molecule has 0 radical (unpaired) electrons. The van der Waals surface area contributed by atoms with Crippen molar-refractivity contribution in [3.63, 3.8) is 0 Å². The van der Waals surface area contributed by atoms with Crippen LogP contribution in [0.3, 0.4) is 0 Å². The van der Waals surface area contributed by atoms with Crippen LogP contribution in [-0.2, 0) is 4.74 Å². The van der Waals surface area contributed by atoms with E-state index in [1.165, 1.54) is 51.5 Å². The Hall–Kier alpha value is -0.0800. The molecule has 0 spiro atoms. The summed E-state index contributed by atoms with van der Waals surface area (Å²) in [6.07, 6.45) is 10.2. The zero-order chi connectivity index (χ0) is 10.5. The summed E-state index contributed by atoms with van der Waals surface area (Å²) in [5.41, 5.74) is 0. The molecule has 1 N–H and O–H groups in total. The first-order valence-corrected chi connectivity index (χ1v) is 6.69. The molecule has 2 fully saturated rings. The van der Waals surface area contributed by atoms with Gasteiger partial charge in [-0.1, -0.05) is 25.7 Å². The van der Waals surface area contributed by atoms with Gasteiger partial charge < -0.3 is 10.1 Å². The Morgan fingerprint density at radius 1 is 1.20 bits per heavy atom. The van der Waals surface area contributed by atoms with Crippen LogP contribution in [0.25, 0.3) is 0 Å². The molecule has 15 heavy (non-hydrogen) atoms. The van der Waals surface area contributed by atoms with E-state index in [0.29, 0.717) is 6.10 Å². The van der Waals surface area contributed by atoms with Crippen LogP contribution in [0.5, 0.6) is 0 Å². The van der Waals surface area contributed by atoms with Gasteiger partial charge in [0.2, 0.25) is 0 Å². The molecule has 1 heterocycles. The van der Waals surface area contributed by atoms with Crippen molar-refractivity contribution >= 4 is 0 Å². The molecule has 0 bridgehead atoms. The third-order valence-electron chi connectivity index (χ3n) is 3.95. The van der Waals surface area contributed by atoms with Crippen LogP contribution < -0.4 is 5.32 Å². The first kappa shape index (κ1) is 11.4. The molecule has 2 rings (SSSR count). The summed E-state index contributed by atoms with van der Waals surface area (Å²) in [5, 5.41) is 3.70. The van der Waals surface area contributed by atoms with E-state index in [-0.39, 0.29) is 0 Å². The molecule has 2 atom stereocenters. The number of hydrogen-bond acceptors (Lipinski definition) is 2. The molecule has 1 saturated heterocycles. The number of nitrogens with one attached hydrogen (secondary N) is 1. The lowest BCUT2D eigenvalue weighted by Crippen LogP contribution is -2.38. The summed E-state index contributed by atoms with van der Waals surface area (Å²) >= 11 is 0. The standard InChI is InChI=1S/C13H25NO/c1-11-10-13(7-9-15-11)14-8-6-12-4-2-3-5-12/h11-14H,2-10H2,1H3. The van der Waals surface area contributed by atoms with Crippen LogP contribution in [0.2, 0.25) is 0 Å². The molecule has 1 aliphatic heterocycles. The molecule has 2 aliphatic rings. The maximum absolute atomic E-state index is 5.55. The minimum Gasteiger partial charge on any atom is -0.378 e. The van der Waals surface area contributed by atoms with Gasteiger partial charge in [0.25, 0.3) is 0 Å². The molecule has 0 amide bonds. The van der Waals surface area contributed by atoms with Gasteiger partial charge in [-0.15, -0.1) is 0 Å². The third-order valence-corrected chi connectivity index (χ3v) is 3.95. The first-order chi connectivity index (χ1) is 7.34. The Morgan fingerprint density at radius 2 is 2.00 bits per heavy atom. The third kappa shape index (κ3) is 3.76. The van der Waals surface area contributed by atoms with Crippen molar-refractivity contribution < 1.29 is 4.74 Å². The molecule has 88 valence electrons. The molecule has 1 saturated carbocycles. The summed E-state index contributed by atoms with van der Waals surface area (Å²) in [5.74, 6) is 1.02. The van der Waals surface area contributed by atoms with Gasteiger partial charge in [-0.2, -0.15) is 0 Å². The van der Waals surface area contributed by atoms with Crippen molar-refractivity contribution in [3.8, 4) is 0 Å². The summed E-state index contributed by atoms with van der Waals surface area (Å²) in [6.45, 7) is 4.36. The maximum Gasteiger partial charge on any atom is 0.0561 e. The van der Waals surface area contributed by atoms with Crippen LogP contribution in [0, 0.1) is 5.92 Å². The minimum absolute atomic E-state index is 0.461. The predicted molar refractivity (Wildman–Crippen MR) is 63.0 cm³/mol. The minimum atomic E-state index is 0.461. The second kappa shape index (κ2) is 5.86. The second-order valence-electron chi connectivity index (χ2n) is 5.30. The SMILES string of the molecule is CC1CC(NCCC2CCCC2)CCO1. The summed E-state index contributed by atoms with van der Waals surface area (Å²) < 4.78 is 5.55. The Balaban J connectivity index is 1.56. The molecule has 0 aromatic heterocycles. The normalized spacial score (nSPS) is 33.4. The Labute approximate surface area is 93.8 Å². The van der Waals surface area contributed by atoms with Crippen molar-refractivity contribution in [3.05, 3.63) is 0 Å². The van der Waals surface area contributed by atoms with Crippen LogP contribution in [0.1, 0.15) is 51.9 Å². The lowest BCUT2D eigenvalue weighted by Gasteiger charge is -2.28. The van der Waals surface area contributed by atoms with Crippen LogP contribution in [0.15, 0.2) is 0 Å². The van der Waals surface area contributed by atoms with E-state index >= 15 is 0 Å². The number of rotatable bonds is 4. The molecule has 2 unspecified atom stereocenters. The van der Waals surface area contributed by atoms with E-state index in [1.54, 1.807) is 0 Å². The molecule has 0 aromatic carbocycles. The first-order valence-electron chi connectivity index (χ1n) is 6.69. The van der Waals surface area contributed by atoms with Crippen LogP contribution in [0.4, 0.5) is 0 Å². The molecule has 2 heteroatoms. The molecular formula is C13H25NO. The zero-order valence-corrected chi connectivity index (χ0v) is 10.0. The fraction of sp³-hybridized carbons (Fsp3) is 1.00. The average Bonchev–Trinajstić information content (AvgIpc) is 2.71. The molecule has 0 aromatic rings. The van der Waals surface area contributed by atoms with E-state index in [0.717, 1.165) is 18.6 Å². The topological polar surface area (TPSA) is 21.3 Å². The molecule has 1 aliphatic carbocycles. The van der Waals surface area contributed by atoms with Crippen molar-refractivity contribution in [1.29, 1.82) is 0 Å². The van der Waals surface area contributed by atoms with Crippen LogP contribution >= 0.6 is 0 Å². The number of hydrogen-bond donors (Lipinski definition) is 1. The van der Waals surface area contributed by atoms with E-state index in [9.17, 15) is 0 Å². The summed E-state index contributed by atoms with van der Waals surface area (Å²) in [4.78, 5) is 0. The zero-order valence-electron chi connectivity index (χ0n) is 10.0. The molecular weight excluding hydrogens is 186 g/mol. The highest BCUT2D eigenvalue weighted by Crippen LogP contribution is 2.27. The maximum atomic E-state index is 5.55. The average molecular weight is 211 g/mol. The Kier molecular flexibility index (Phi) is 4.45. The molecule has 2 nitrogen and oxygen atoms in total. The van der Waals surface area contributed by atoms with E-state index in [4.69, 9.17) is 4.74 Å². The quantitative estimate of drug-likeness (QED) is 0.772. The van der Waals surface area contributed by atoms with Gasteiger partial charge in [-0.25, -0.2) is 0 Å². The fourth-order valence-electron chi connectivity index (χ4n) is 2.97. The predicted octanol–water partition coefficient (Wildman–Crippen LogP) is 2.72. The van der Waals surface area contributed by atoms with Crippen molar-refractivity contribution in [2.24, 2.45) is 5.92 Å². The summed E-state index contributed by atoms with van der Waals surface area (Å²) in [7, 11) is 0.